The van der Waals surface area contributed by atoms with Crippen molar-refractivity contribution in [2.75, 3.05) is 13.1 Å². The maximum atomic E-state index is 12.4. The molecule has 0 radical (unpaired) electrons. The largest absolute Gasteiger partial charge is 0.444 e. The van der Waals surface area contributed by atoms with Gasteiger partial charge in [0.15, 0.2) is 0 Å². The average Bonchev–Trinajstić information content (AvgIpc) is 2.08. The van der Waals surface area contributed by atoms with Crippen molar-refractivity contribution in [3.8, 4) is 0 Å². The molecule has 0 fully saturated rings. The molecule has 0 aliphatic carbocycles. The number of hydrogen-bond donors (Lipinski definition) is 2. The summed E-state index contributed by atoms with van der Waals surface area (Å²) in [4.78, 5) is 22.2. The van der Waals surface area contributed by atoms with E-state index in [9.17, 15) is 14.0 Å². The van der Waals surface area contributed by atoms with E-state index in [2.05, 4.69) is 10.6 Å². The smallest absolute Gasteiger partial charge is 0.408 e. The Kier molecular flexibility index (Phi) is 5.77. The molecule has 6 heteroatoms. The molecule has 0 heterocycles. The first-order valence-electron chi connectivity index (χ1n) is 5.08. The number of carbonyl (C=O) groups excluding carboxylic acids is 2. The number of nitrogens with one attached hydrogen (secondary N) is 2. The van der Waals surface area contributed by atoms with Gasteiger partial charge in [-0.2, -0.15) is 0 Å². The third-order valence-electron chi connectivity index (χ3n) is 1.37. The van der Waals surface area contributed by atoms with Gasteiger partial charge < -0.3 is 15.4 Å². The monoisotopic (exact) mass is 234 g/mol. The molecular formula is C10H19FN2O3. The predicted octanol–water partition coefficient (Wildman–Crippen LogP) is 0.985. The van der Waals surface area contributed by atoms with Crippen LogP contribution in [0.2, 0.25) is 0 Å². The Labute approximate surface area is 94.7 Å². The van der Waals surface area contributed by atoms with Crippen LogP contribution in [0.1, 0.15) is 27.7 Å². The highest BCUT2D eigenvalue weighted by Crippen LogP contribution is 2.05. The maximum Gasteiger partial charge on any atom is 0.408 e. The van der Waals surface area contributed by atoms with Crippen molar-refractivity contribution >= 4 is 12.0 Å². The lowest BCUT2D eigenvalue weighted by atomic mass is 10.2. The summed E-state index contributed by atoms with van der Waals surface area (Å²) in [5.41, 5.74) is -0.603. The van der Waals surface area contributed by atoms with Crippen LogP contribution in [-0.2, 0) is 9.53 Å². The van der Waals surface area contributed by atoms with Gasteiger partial charge in [-0.15, -0.1) is 0 Å². The van der Waals surface area contributed by atoms with Crippen LogP contribution in [0.15, 0.2) is 0 Å². The number of alkyl carbamates (subject to hydrolysis) is 1. The Balaban J connectivity index is 3.72. The highest BCUT2D eigenvalue weighted by Gasteiger charge is 2.16. The second-order valence-electron chi connectivity index (χ2n) is 4.44. The van der Waals surface area contributed by atoms with Crippen molar-refractivity contribution in [3.63, 3.8) is 0 Å². The fourth-order valence-electron chi connectivity index (χ4n) is 0.784. The van der Waals surface area contributed by atoms with E-state index in [1.165, 1.54) is 6.92 Å². The van der Waals surface area contributed by atoms with E-state index in [4.69, 9.17) is 4.74 Å². The van der Waals surface area contributed by atoms with E-state index in [1.54, 1.807) is 20.8 Å². The summed E-state index contributed by atoms with van der Waals surface area (Å²) >= 11 is 0. The second kappa shape index (κ2) is 6.30. The van der Waals surface area contributed by atoms with Gasteiger partial charge in [-0.1, -0.05) is 0 Å². The van der Waals surface area contributed by atoms with Crippen LogP contribution < -0.4 is 10.6 Å². The molecule has 0 aliphatic rings. The zero-order valence-corrected chi connectivity index (χ0v) is 10.1. The first-order valence-corrected chi connectivity index (χ1v) is 5.08. The zero-order valence-electron chi connectivity index (χ0n) is 10.1. The van der Waals surface area contributed by atoms with Gasteiger partial charge in [0.1, 0.15) is 11.8 Å². The van der Waals surface area contributed by atoms with Gasteiger partial charge >= 0.3 is 6.09 Å². The normalized spacial score (nSPS) is 12.8. The molecule has 0 aliphatic heterocycles. The zero-order chi connectivity index (χ0) is 12.8. The average molecular weight is 234 g/mol. The molecule has 0 saturated heterocycles. The summed E-state index contributed by atoms with van der Waals surface area (Å²) in [7, 11) is 0. The Morgan fingerprint density at radius 1 is 1.31 bits per heavy atom. The minimum atomic E-state index is -1.11. The summed E-state index contributed by atoms with van der Waals surface area (Å²) in [6.07, 6.45) is -1.78. The van der Waals surface area contributed by atoms with Gasteiger partial charge in [0, 0.05) is 6.54 Å². The van der Waals surface area contributed by atoms with Gasteiger partial charge in [0.2, 0.25) is 5.91 Å². The number of carbonyl (C=O) groups is 2. The lowest BCUT2D eigenvalue weighted by molar-refractivity contribution is -0.120. The Morgan fingerprint density at radius 3 is 2.31 bits per heavy atom. The van der Waals surface area contributed by atoms with Gasteiger partial charge in [-0.3, -0.25) is 4.79 Å². The molecule has 5 nitrogen and oxygen atoms in total. The summed E-state index contributed by atoms with van der Waals surface area (Å²) in [6.45, 7) is 6.21. The van der Waals surface area contributed by atoms with Crippen molar-refractivity contribution in [1.82, 2.24) is 10.6 Å². The topological polar surface area (TPSA) is 67.4 Å². The number of amides is 2. The minimum absolute atomic E-state index is 0.0607. The molecule has 0 spiro atoms. The highest BCUT2D eigenvalue weighted by molar-refractivity contribution is 5.82. The van der Waals surface area contributed by atoms with Gasteiger partial charge in [0.25, 0.3) is 0 Å². The molecule has 0 saturated carbocycles. The van der Waals surface area contributed by atoms with Crippen LogP contribution >= 0.6 is 0 Å². The third-order valence-corrected chi connectivity index (χ3v) is 1.37. The van der Waals surface area contributed by atoms with Crippen LogP contribution in [0.4, 0.5) is 9.18 Å². The van der Waals surface area contributed by atoms with Crippen LogP contribution in [0.25, 0.3) is 0 Å². The molecule has 2 amide bonds. The van der Waals surface area contributed by atoms with Gasteiger partial charge in [0.05, 0.1) is 6.54 Å². The van der Waals surface area contributed by atoms with Crippen molar-refractivity contribution in [1.29, 1.82) is 0 Å². The number of hydrogen-bond acceptors (Lipinski definition) is 3. The molecule has 2 N–H and O–H groups in total. The van der Waals surface area contributed by atoms with E-state index in [1.807, 2.05) is 0 Å². The molecule has 94 valence electrons. The number of ether oxygens (including phenoxy) is 1. The molecular weight excluding hydrogens is 215 g/mol. The fourth-order valence-corrected chi connectivity index (χ4v) is 0.784. The predicted molar refractivity (Wildman–Crippen MR) is 57.8 cm³/mol. The Hall–Kier alpha value is -1.33. The molecule has 0 bridgehead atoms. The molecule has 16 heavy (non-hydrogen) atoms. The van der Waals surface area contributed by atoms with Crippen molar-refractivity contribution < 1.29 is 18.7 Å². The van der Waals surface area contributed by atoms with E-state index in [0.29, 0.717) is 0 Å². The van der Waals surface area contributed by atoms with E-state index >= 15 is 0 Å². The van der Waals surface area contributed by atoms with Crippen molar-refractivity contribution in [2.24, 2.45) is 0 Å². The fraction of sp³-hybridized carbons (Fsp3) is 0.800. The number of halogens is 1. The third kappa shape index (κ3) is 9.23. The van der Waals surface area contributed by atoms with E-state index in [-0.39, 0.29) is 13.1 Å². The van der Waals surface area contributed by atoms with Gasteiger partial charge in [-0.05, 0) is 27.7 Å². The lowest BCUT2D eigenvalue weighted by Crippen LogP contribution is -2.40. The molecule has 1 unspecified atom stereocenters. The quantitative estimate of drug-likeness (QED) is 0.762. The number of alkyl halides is 1. The molecule has 0 aromatic heterocycles. The molecule has 0 rings (SSSR count). The number of rotatable bonds is 4. The summed E-state index contributed by atoms with van der Waals surface area (Å²) < 4.78 is 17.3. The van der Waals surface area contributed by atoms with Crippen LogP contribution in [0, 0.1) is 0 Å². The van der Waals surface area contributed by atoms with Crippen molar-refractivity contribution in [3.05, 3.63) is 0 Å². The minimum Gasteiger partial charge on any atom is -0.444 e. The Morgan fingerprint density at radius 2 is 1.88 bits per heavy atom. The van der Waals surface area contributed by atoms with E-state index < -0.39 is 23.8 Å². The van der Waals surface area contributed by atoms with Gasteiger partial charge in [-0.25, -0.2) is 9.18 Å². The van der Waals surface area contributed by atoms with Crippen LogP contribution in [0.5, 0.6) is 0 Å². The lowest BCUT2D eigenvalue weighted by Gasteiger charge is -2.19. The first-order chi connectivity index (χ1) is 7.20. The molecule has 0 aromatic carbocycles. The Bertz CT molecular complexity index is 249. The standard InChI is InChI=1S/C10H19FN2O3/c1-7(11)5-12-8(14)6-13-9(15)16-10(2,3)4/h7H,5-6H2,1-4H3,(H,12,14)(H,13,15). The highest BCUT2D eigenvalue weighted by atomic mass is 19.1. The summed E-state index contributed by atoms with van der Waals surface area (Å²) in [6, 6.07) is 0. The second-order valence-corrected chi connectivity index (χ2v) is 4.44. The summed E-state index contributed by atoms with van der Waals surface area (Å²) in [5.74, 6) is -0.449. The molecule has 1 atom stereocenters. The SMILES string of the molecule is CC(F)CNC(=O)CNC(=O)OC(C)(C)C. The summed E-state index contributed by atoms with van der Waals surface area (Å²) in [5, 5.41) is 4.58. The maximum absolute atomic E-state index is 12.4. The molecule has 0 aromatic rings. The first kappa shape index (κ1) is 14.7. The van der Waals surface area contributed by atoms with E-state index in [0.717, 1.165) is 0 Å². The van der Waals surface area contributed by atoms with Crippen molar-refractivity contribution in [2.45, 2.75) is 39.5 Å². The van der Waals surface area contributed by atoms with Crippen LogP contribution in [0.3, 0.4) is 0 Å². The van der Waals surface area contributed by atoms with Crippen LogP contribution in [-0.4, -0.2) is 36.9 Å².